The summed E-state index contributed by atoms with van der Waals surface area (Å²) in [5, 5.41) is 2.53. The highest BCUT2D eigenvalue weighted by Gasteiger charge is 2.12. The number of hydrogen-bond acceptors (Lipinski definition) is 3. The molecule has 1 amide bonds. The summed E-state index contributed by atoms with van der Waals surface area (Å²) in [5.41, 5.74) is 1.32. The fourth-order valence-corrected chi connectivity index (χ4v) is 2.37. The SMILES string of the molecule is CCC(=O)c1ccc(F)c(NC(=O)CCc2ccccc2OC)c1. The van der Waals surface area contributed by atoms with E-state index in [2.05, 4.69) is 5.32 Å². The molecule has 0 bridgehead atoms. The van der Waals surface area contributed by atoms with E-state index in [1.165, 1.54) is 18.2 Å². The van der Waals surface area contributed by atoms with E-state index in [9.17, 15) is 14.0 Å². The van der Waals surface area contributed by atoms with Gasteiger partial charge in [-0.1, -0.05) is 25.1 Å². The van der Waals surface area contributed by atoms with Crippen LogP contribution in [0.15, 0.2) is 42.5 Å². The molecule has 0 spiro atoms. The summed E-state index contributed by atoms with van der Waals surface area (Å²) in [7, 11) is 1.57. The van der Waals surface area contributed by atoms with Crippen molar-refractivity contribution in [2.24, 2.45) is 0 Å². The van der Waals surface area contributed by atoms with Crippen LogP contribution in [0, 0.1) is 5.82 Å². The number of methoxy groups -OCH3 is 1. The number of anilines is 1. The van der Waals surface area contributed by atoms with Gasteiger partial charge in [-0.25, -0.2) is 4.39 Å². The van der Waals surface area contributed by atoms with Crippen molar-refractivity contribution in [3.05, 3.63) is 59.4 Å². The van der Waals surface area contributed by atoms with Crippen LogP contribution in [0.25, 0.3) is 0 Å². The molecule has 0 aliphatic heterocycles. The number of aryl methyl sites for hydroxylation is 1. The summed E-state index contributed by atoms with van der Waals surface area (Å²) in [6.07, 6.45) is 0.990. The van der Waals surface area contributed by atoms with Crippen LogP contribution in [0.3, 0.4) is 0 Å². The third kappa shape index (κ3) is 4.41. The zero-order chi connectivity index (χ0) is 17.5. The number of hydrogen-bond donors (Lipinski definition) is 1. The van der Waals surface area contributed by atoms with Crippen LogP contribution in [-0.2, 0) is 11.2 Å². The first-order valence-corrected chi connectivity index (χ1v) is 7.79. The van der Waals surface area contributed by atoms with Gasteiger partial charge in [-0.05, 0) is 36.2 Å². The van der Waals surface area contributed by atoms with Crippen molar-refractivity contribution in [3.63, 3.8) is 0 Å². The number of ketones is 1. The normalized spacial score (nSPS) is 10.3. The highest BCUT2D eigenvalue weighted by atomic mass is 19.1. The van der Waals surface area contributed by atoms with Crippen LogP contribution in [0.4, 0.5) is 10.1 Å². The van der Waals surface area contributed by atoms with Crippen molar-refractivity contribution in [2.45, 2.75) is 26.2 Å². The maximum Gasteiger partial charge on any atom is 0.224 e. The molecule has 0 unspecified atom stereocenters. The van der Waals surface area contributed by atoms with Gasteiger partial charge in [-0.15, -0.1) is 0 Å². The van der Waals surface area contributed by atoms with Gasteiger partial charge < -0.3 is 10.1 Å². The first kappa shape index (κ1) is 17.7. The van der Waals surface area contributed by atoms with Crippen LogP contribution in [0.5, 0.6) is 5.75 Å². The molecule has 126 valence electrons. The van der Waals surface area contributed by atoms with E-state index in [-0.39, 0.29) is 23.8 Å². The van der Waals surface area contributed by atoms with Gasteiger partial charge in [0.1, 0.15) is 11.6 Å². The molecule has 0 fully saturated rings. The maximum absolute atomic E-state index is 13.8. The first-order valence-electron chi connectivity index (χ1n) is 7.79. The number of carbonyl (C=O) groups excluding carboxylic acids is 2. The van der Waals surface area contributed by atoms with Gasteiger partial charge in [-0.2, -0.15) is 0 Å². The number of ether oxygens (including phenoxy) is 1. The number of para-hydroxylation sites is 1. The van der Waals surface area contributed by atoms with E-state index < -0.39 is 5.82 Å². The van der Waals surface area contributed by atoms with Crippen LogP contribution in [0.2, 0.25) is 0 Å². The quantitative estimate of drug-likeness (QED) is 0.781. The van der Waals surface area contributed by atoms with Crippen LogP contribution in [0.1, 0.15) is 35.7 Å². The third-order valence-corrected chi connectivity index (χ3v) is 3.70. The lowest BCUT2D eigenvalue weighted by Gasteiger charge is -2.10. The molecular weight excluding hydrogens is 309 g/mol. The Kier molecular flexibility index (Phi) is 6.07. The summed E-state index contributed by atoms with van der Waals surface area (Å²) in [6.45, 7) is 1.73. The molecule has 2 aromatic rings. The van der Waals surface area contributed by atoms with Crippen LogP contribution in [-0.4, -0.2) is 18.8 Å². The standard InChI is InChI=1S/C19H20FNO3/c1-3-17(22)14-8-10-15(20)16(12-14)21-19(23)11-9-13-6-4-5-7-18(13)24-2/h4-8,10,12H,3,9,11H2,1-2H3,(H,21,23). The molecule has 0 atom stereocenters. The summed E-state index contributed by atoms with van der Waals surface area (Å²) in [6, 6.07) is 11.4. The molecule has 4 nitrogen and oxygen atoms in total. The largest absolute Gasteiger partial charge is 0.496 e. The topological polar surface area (TPSA) is 55.4 Å². The lowest BCUT2D eigenvalue weighted by atomic mass is 10.1. The number of carbonyl (C=O) groups is 2. The Bertz CT molecular complexity index is 743. The second-order valence-corrected chi connectivity index (χ2v) is 5.33. The Hall–Kier alpha value is -2.69. The highest BCUT2D eigenvalue weighted by Crippen LogP contribution is 2.20. The van der Waals surface area contributed by atoms with E-state index in [1.807, 2.05) is 24.3 Å². The average molecular weight is 329 g/mol. The minimum absolute atomic E-state index is 0.0272. The zero-order valence-corrected chi connectivity index (χ0v) is 13.8. The van der Waals surface area contributed by atoms with Gasteiger partial charge in [0.2, 0.25) is 5.91 Å². The lowest BCUT2D eigenvalue weighted by Crippen LogP contribution is -2.14. The van der Waals surface area contributed by atoms with Gasteiger partial charge >= 0.3 is 0 Å². The summed E-state index contributed by atoms with van der Waals surface area (Å²) < 4.78 is 19.1. The fraction of sp³-hybridized carbons (Fsp3) is 0.263. The van der Waals surface area contributed by atoms with E-state index >= 15 is 0 Å². The van der Waals surface area contributed by atoms with Gasteiger partial charge in [0.05, 0.1) is 12.8 Å². The van der Waals surface area contributed by atoms with Gasteiger partial charge in [0, 0.05) is 18.4 Å². The van der Waals surface area contributed by atoms with Crippen molar-refractivity contribution in [1.82, 2.24) is 0 Å². The number of rotatable bonds is 7. The molecule has 0 aliphatic rings. The van der Waals surface area contributed by atoms with Crippen LogP contribution >= 0.6 is 0 Å². The molecule has 0 heterocycles. The minimum atomic E-state index is -0.562. The molecule has 2 rings (SSSR count). The van der Waals surface area contributed by atoms with Crippen molar-refractivity contribution in [3.8, 4) is 5.75 Å². The molecule has 0 radical (unpaired) electrons. The molecular formula is C19H20FNO3. The number of Topliss-reactive ketones (excluding diaryl/α,β-unsaturated/α-hetero) is 1. The Morgan fingerprint density at radius 1 is 1.17 bits per heavy atom. The molecule has 5 heteroatoms. The van der Waals surface area contributed by atoms with E-state index in [0.29, 0.717) is 24.2 Å². The Labute approximate surface area is 140 Å². The van der Waals surface area contributed by atoms with E-state index in [1.54, 1.807) is 14.0 Å². The molecule has 0 saturated heterocycles. The number of halogens is 1. The van der Waals surface area contributed by atoms with Gasteiger partial charge in [0.15, 0.2) is 5.78 Å². The lowest BCUT2D eigenvalue weighted by molar-refractivity contribution is -0.116. The first-order chi connectivity index (χ1) is 11.5. The minimum Gasteiger partial charge on any atom is -0.496 e. The predicted molar refractivity (Wildman–Crippen MR) is 91.0 cm³/mol. The monoisotopic (exact) mass is 329 g/mol. The van der Waals surface area contributed by atoms with Gasteiger partial charge in [-0.3, -0.25) is 9.59 Å². The molecule has 24 heavy (non-hydrogen) atoms. The Morgan fingerprint density at radius 3 is 2.62 bits per heavy atom. The highest BCUT2D eigenvalue weighted by molar-refractivity contribution is 5.98. The summed E-state index contributed by atoms with van der Waals surface area (Å²) in [5.74, 6) is -0.263. The third-order valence-electron chi connectivity index (χ3n) is 3.70. The smallest absolute Gasteiger partial charge is 0.224 e. The predicted octanol–water partition coefficient (Wildman–Crippen LogP) is 4.00. The zero-order valence-electron chi connectivity index (χ0n) is 13.8. The molecule has 2 aromatic carbocycles. The second-order valence-electron chi connectivity index (χ2n) is 5.33. The number of benzene rings is 2. The molecule has 1 N–H and O–H groups in total. The Balaban J connectivity index is 2.03. The van der Waals surface area contributed by atoms with Crippen molar-refractivity contribution in [1.29, 1.82) is 0 Å². The molecule has 0 aliphatic carbocycles. The van der Waals surface area contributed by atoms with Crippen molar-refractivity contribution < 1.29 is 18.7 Å². The van der Waals surface area contributed by atoms with E-state index in [4.69, 9.17) is 4.74 Å². The fourth-order valence-electron chi connectivity index (χ4n) is 2.37. The second kappa shape index (κ2) is 8.24. The maximum atomic E-state index is 13.8. The van der Waals surface area contributed by atoms with E-state index in [0.717, 1.165) is 5.56 Å². The number of nitrogens with one attached hydrogen (secondary N) is 1. The Morgan fingerprint density at radius 2 is 1.92 bits per heavy atom. The molecule has 0 saturated carbocycles. The van der Waals surface area contributed by atoms with Crippen molar-refractivity contribution in [2.75, 3.05) is 12.4 Å². The van der Waals surface area contributed by atoms with Crippen molar-refractivity contribution >= 4 is 17.4 Å². The van der Waals surface area contributed by atoms with Crippen LogP contribution < -0.4 is 10.1 Å². The number of amides is 1. The molecule has 0 aromatic heterocycles. The summed E-state index contributed by atoms with van der Waals surface area (Å²) >= 11 is 0. The van der Waals surface area contributed by atoms with Gasteiger partial charge in [0.25, 0.3) is 0 Å². The average Bonchev–Trinajstić information content (AvgIpc) is 2.61. The summed E-state index contributed by atoms with van der Waals surface area (Å²) in [4.78, 5) is 23.8.